The quantitative estimate of drug-likeness (QED) is 0.480. The van der Waals surface area contributed by atoms with E-state index in [-0.39, 0.29) is 0 Å². The number of urea groups is 1. The highest BCUT2D eigenvalue weighted by atomic mass is 16.2. The average Bonchev–Trinajstić information content (AvgIpc) is 1.63. The van der Waals surface area contributed by atoms with Crippen LogP contribution in [0.2, 0.25) is 0 Å². The maximum Gasteiger partial charge on any atom is 0.313 e. The van der Waals surface area contributed by atoms with Gasteiger partial charge in [0.2, 0.25) is 0 Å². The Morgan fingerprint density at radius 1 is 1.78 bits per heavy atom. The van der Waals surface area contributed by atoms with Crippen LogP contribution in [0.5, 0.6) is 0 Å². The fourth-order valence-corrected chi connectivity index (χ4v) is 0.344. The normalized spacial score (nSPS) is 9.89. The molecule has 0 aliphatic rings. The largest absolute Gasteiger partial charge is 0.352 e. The van der Waals surface area contributed by atoms with Gasteiger partial charge in [-0.15, -0.1) is 6.42 Å². The predicted molar refractivity (Wildman–Crippen MR) is 35.6 cm³/mol. The van der Waals surface area contributed by atoms with Crippen LogP contribution in [0.25, 0.3) is 0 Å². The minimum atomic E-state index is -0.633. The molecule has 0 aromatic heterocycles. The first-order valence-electron chi connectivity index (χ1n) is 2.53. The van der Waals surface area contributed by atoms with Crippen molar-refractivity contribution in [2.75, 3.05) is 0 Å². The van der Waals surface area contributed by atoms with Crippen LogP contribution in [0.15, 0.2) is 0 Å². The molecule has 0 aromatic rings. The first kappa shape index (κ1) is 7.83. The molecule has 0 atom stereocenters. The summed E-state index contributed by atoms with van der Waals surface area (Å²) in [4.78, 5) is 10.2. The van der Waals surface area contributed by atoms with Gasteiger partial charge in [-0.2, -0.15) is 0 Å². The summed E-state index contributed by atoms with van der Waals surface area (Å²) in [7, 11) is 0. The zero-order valence-electron chi connectivity index (χ0n) is 5.56. The summed E-state index contributed by atoms with van der Waals surface area (Å²) in [6.07, 6.45) is 5.03. The van der Waals surface area contributed by atoms with E-state index in [2.05, 4.69) is 11.2 Å². The smallest absolute Gasteiger partial charge is 0.313 e. The summed E-state index contributed by atoms with van der Waals surface area (Å²) in [6.45, 7) is 3.38. The maximum atomic E-state index is 10.2. The Bertz CT molecular complexity index is 155. The SMILES string of the molecule is C#CC(C)(C)NC(N)=O. The minimum absolute atomic E-state index is 0.599. The average molecular weight is 126 g/mol. The molecule has 0 aliphatic carbocycles. The highest BCUT2D eigenvalue weighted by molar-refractivity contribution is 5.73. The number of hydrogen-bond donors (Lipinski definition) is 2. The number of carbonyl (C=O) groups excluding carboxylic acids is 1. The van der Waals surface area contributed by atoms with Crippen molar-refractivity contribution in [3.05, 3.63) is 0 Å². The van der Waals surface area contributed by atoms with Crippen molar-refractivity contribution in [3.63, 3.8) is 0 Å². The summed E-state index contributed by atoms with van der Waals surface area (Å²) in [5, 5.41) is 2.37. The van der Waals surface area contributed by atoms with Gasteiger partial charge in [-0.1, -0.05) is 5.92 Å². The first-order chi connectivity index (χ1) is 3.98. The van der Waals surface area contributed by atoms with Crippen LogP contribution in [0, 0.1) is 12.3 Å². The summed E-state index contributed by atoms with van der Waals surface area (Å²) < 4.78 is 0. The van der Waals surface area contributed by atoms with Gasteiger partial charge in [0.15, 0.2) is 0 Å². The fourth-order valence-electron chi connectivity index (χ4n) is 0.344. The van der Waals surface area contributed by atoms with E-state index in [0.717, 1.165) is 0 Å². The van der Waals surface area contributed by atoms with E-state index in [1.165, 1.54) is 0 Å². The van der Waals surface area contributed by atoms with Gasteiger partial charge < -0.3 is 11.1 Å². The molecular weight excluding hydrogens is 116 g/mol. The standard InChI is InChI=1S/C6H10N2O/c1-4-6(2,3)8-5(7)9/h1H,2-3H3,(H3,7,8,9). The van der Waals surface area contributed by atoms with Crippen LogP contribution in [-0.2, 0) is 0 Å². The lowest BCUT2D eigenvalue weighted by molar-refractivity contribution is 0.243. The summed E-state index contributed by atoms with van der Waals surface area (Å²) in [5.74, 6) is 2.36. The fraction of sp³-hybridized carbons (Fsp3) is 0.500. The molecule has 0 saturated heterocycles. The van der Waals surface area contributed by atoms with Gasteiger partial charge in [0, 0.05) is 0 Å². The number of nitrogens with two attached hydrogens (primary N) is 1. The Balaban J connectivity index is 3.91. The van der Waals surface area contributed by atoms with Gasteiger partial charge in [0.1, 0.15) is 0 Å². The molecular formula is C6H10N2O. The highest BCUT2D eigenvalue weighted by Crippen LogP contribution is 1.96. The molecule has 0 fully saturated rings. The van der Waals surface area contributed by atoms with Crippen molar-refractivity contribution in [2.45, 2.75) is 19.4 Å². The molecule has 0 rings (SSSR count). The topological polar surface area (TPSA) is 55.1 Å². The van der Waals surface area contributed by atoms with E-state index in [1.54, 1.807) is 13.8 Å². The van der Waals surface area contributed by atoms with E-state index < -0.39 is 11.6 Å². The molecule has 9 heavy (non-hydrogen) atoms. The van der Waals surface area contributed by atoms with Crippen molar-refractivity contribution in [1.82, 2.24) is 5.32 Å². The third-order valence-corrected chi connectivity index (χ3v) is 0.797. The molecule has 50 valence electrons. The number of terminal acetylenes is 1. The van der Waals surface area contributed by atoms with Crippen LogP contribution >= 0.6 is 0 Å². The molecule has 0 heterocycles. The van der Waals surface area contributed by atoms with E-state index in [9.17, 15) is 4.79 Å². The van der Waals surface area contributed by atoms with E-state index >= 15 is 0 Å². The first-order valence-corrected chi connectivity index (χ1v) is 2.53. The van der Waals surface area contributed by atoms with Gasteiger partial charge in [0.05, 0.1) is 5.54 Å². The second-order valence-electron chi connectivity index (χ2n) is 2.26. The highest BCUT2D eigenvalue weighted by Gasteiger charge is 2.13. The molecule has 0 unspecified atom stereocenters. The molecule has 0 spiro atoms. The molecule has 0 aromatic carbocycles. The number of amides is 2. The lowest BCUT2D eigenvalue weighted by atomic mass is 10.1. The number of carbonyl (C=O) groups is 1. The monoisotopic (exact) mass is 126 g/mol. The van der Waals surface area contributed by atoms with Crippen molar-refractivity contribution >= 4 is 6.03 Å². The molecule has 0 radical (unpaired) electrons. The van der Waals surface area contributed by atoms with Crippen LogP contribution < -0.4 is 11.1 Å². The lowest BCUT2D eigenvalue weighted by Crippen LogP contribution is -2.44. The Morgan fingerprint density at radius 2 is 2.22 bits per heavy atom. The summed E-state index contributed by atoms with van der Waals surface area (Å²) in [5.41, 5.74) is 4.18. The molecule has 0 saturated carbocycles. The van der Waals surface area contributed by atoms with Gasteiger partial charge >= 0.3 is 6.03 Å². The Kier molecular flexibility index (Phi) is 2.09. The van der Waals surface area contributed by atoms with Crippen LogP contribution in [0.4, 0.5) is 4.79 Å². The van der Waals surface area contributed by atoms with Gasteiger partial charge in [-0.05, 0) is 13.8 Å². The third kappa shape index (κ3) is 3.42. The van der Waals surface area contributed by atoms with Crippen molar-refractivity contribution in [3.8, 4) is 12.3 Å². The van der Waals surface area contributed by atoms with Crippen molar-refractivity contribution < 1.29 is 4.79 Å². The van der Waals surface area contributed by atoms with Crippen LogP contribution in [-0.4, -0.2) is 11.6 Å². The summed E-state index contributed by atoms with van der Waals surface area (Å²) >= 11 is 0. The number of hydrogen-bond acceptors (Lipinski definition) is 1. The third-order valence-electron chi connectivity index (χ3n) is 0.797. The second kappa shape index (κ2) is 2.40. The van der Waals surface area contributed by atoms with Gasteiger partial charge in [0.25, 0.3) is 0 Å². The molecule has 3 heteroatoms. The Hall–Kier alpha value is -1.17. The van der Waals surface area contributed by atoms with Crippen molar-refractivity contribution in [2.24, 2.45) is 5.73 Å². The van der Waals surface area contributed by atoms with Crippen LogP contribution in [0.3, 0.4) is 0 Å². The van der Waals surface area contributed by atoms with E-state index in [1.807, 2.05) is 0 Å². The van der Waals surface area contributed by atoms with E-state index in [0.29, 0.717) is 0 Å². The maximum absolute atomic E-state index is 10.2. The molecule has 3 N–H and O–H groups in total. The Labute approximate surface area is 54.6 Å². The zero-order chi connectivity index (χ0) is 7.49. The molecule has 3 nitrogen and oxygen atoms in total. The van der Waals surface area contributed by atoms with Crippen LogP contribution in [0.1, 0.15) is 13.8 Å². The second-order valence-corrected chi connectivity index (χ2v) is 2.26. The number of rotatable bonds is 1. The number of nitrogens with one attached hydrogen (secondary N) is 1. The van der Waals surface area contributed by atoms with E-state index in [4.69, 9.17) is 12.2 Å². The summed E-state index contributed by atoms with van der Waals surface area (Å²) in [6, 6.07) is -0.599. The molecule has 0 aliphatic heterocycles. The Morgan fingerprint density at radius 3 is 2.33 bits per heavy atom. The van der Waals surface area contributed by atoms with Crippen molar-refractivity contribution in [1.29, 1.82) is 0 Å². The predicted octanol–water partition coefficient (Wildman–Crippen LogP) is 0.0665. The molecule has 0 bridgehead atoms. The van der Waals surface area contributed by atoms with Gasteiger partial charge in [-0.25, -0.2) is 4.79 Å². The van der Waals surface area contributed by atoms with Gasteiger partial charge in [-0.3, -0.25) is 0 Å². The zero-order valence-corrected chi connectivity index (χ0v) is 5.56. The minimum Gasteiger partial charge on any atom is -0.352 e. The lowest BCUT2D eigenvalue weighted by Gasteiger charge is -2.16. The molecule has 2 amide bonds. The number of primary amides is 1.